The molecule has 0 saturated heterocycles. The molecule has 0 bridgehead atoms. The smallest absolute Gasteiger partial charge is 0.289 e. The molecule has 0 aliphatic rings. The molecule has 0 radical (unpaired) electrons. The molecule has 4 aromatic rings. The second kappa shape index (κ2) is 15.4. The fourth-order valence-corrected chi connectivity index (χ4v) is 4.93. The van der Waals surface area contributed by atoms with Crippen LogP contribution in [0.25, 0.3) is 10.8 Å². The Labute approximate surface area is 262 Å². The van der Waals surface area contributed by atoms with Crippen molar-refractivity contribution in [2.45, 2.75) is 51.9 Å². The summed E-state index contributed by atoms with van der Waals surface area (Å²) in [5, 5.41) is 12.7. The van der Waals surface area contributed by atoms with E-state index in [1.807, 2.05) is 72.8 Å². The highest BCUT2D eigenvalue weighted by Gasteiger charge is 2.32. The summed E-state index contributed by atoms with van der Waals surface area (Å²) in [7, 11) is 0. The average molecular weight is 607 g/mol. The molecule has 45 heavy (non-hydrogen) atoms. The maximum atomic E-state index is 13.6. The molecule has 0 aliphatic carbocycles. The van der Waals surface area contributed by atoms with Gasteiger partial charge in [-0.1, -0.05) is 105 Å². The summed E-state index contributed by atoms with van der Waals surface area (Å²) in [6.45, 7) is 5.09. The van der Waals surface area contributed by atoms with Crippen LogP contribution in [0.2, 0.25) is 0 Å². The summed E-state index contributed by atoms with van der Waals surface area (Å²) in [6, 6.07) is 28.1. The Bertz CT molecular complexity index is 1650. The number of Topliss-reactive ketones (excluding diaryl/α,β-unsaturated/α-hetero) is 1. The second-order valence-corrected chi connectivity index (χ2v) is 11.2. The van der Waals surface area contributed by atoms with Gasteiger partial charge in [0.15, 0.2) is 0 Å². The quantitative estimate of drug-likeness (QED) is 0.172. The van der Waals surface area contributed by atoms with Crippen LogP contribution in [-0.4, -0.2) is 47.5 Å². The Balaban J connectivity index is 1.45. The summed E-state index contributed by atoms with van der Waals surface area (Å²) in [5.74, 6) is -3.62. The van der Waals surface area contributed by atoms with Gasteiger partial charge in [-0.3, -0.25) is 24.0 Å². The minimum atomic E-state index is -1.10. The second-order valence-electron chi connectivity index (χ2n) is 11.2. The van der Waals surface area contributed by atoms with Crippen molar-refractivity contribution >= 4 is 40.2 Å². The fraction of sp³-hybridized carbons (Fsp3) is 0.250. The molecule has 0 aliphatic heterocycles. The molecule has 9 heteroatoms. The lowest BCUT2D eigenvalue weighted by Gasteiger charge is -2.25. The van der Waals surface area contributed by atoms with Crippen molar-refractivity contribution in [2.75, 3.05) is 0 Å². The highest BCUT2D eigenvalue weighted by Crippen LogP contribution is 2.20. The molecular weight excluding hydrogens is 568 g/mol. The number of hydrogen-bond acceptors (Lipinski definition) is 5. The van der Waals surface area contributed by atoms with E-state index in [-0.39, 0.29) is 13.0 Å². The van der Waals surface area contributed by atoms with E-state index in [1.165, 1.54) is 6.92 Å². The molecular formula is C36H38N4O5. The zero-order chi connectivity index (χ0) is 32.3. The third-order valence-corrected chi connectivity index (χ3v) is 7.48. The average Bonchev–Trinajstić information content (AvgIpc) is 3.06. The van der Waals surface area contributed by atoms with Crippen LogP contribution in [0.3, 0.4) is 0 Å². The van der Waals surface area contributed by atoms with Gasteiger partial charge in [0.05, 0.1) is 6.04 Å². The van der Waals surface area contributed by atoms with E-state index in [0.717, 1.165) is 21.9 Å². The number of hydrogen-bond donors (Lipinski definition) is 4. The molecule has 3 atom stereocenters. The van der Waals surface area contributed by atoms with E-state index >= 15 is 0 Å². The summed E-state index contributed by atoms with van der Waals surface area (Å²) in [5.41, 5.74) is 2.08. The molecule has 0 unspecified atom stereocenters. The molecule has 4 N–H and O–H groups in total. The molecule has 9 nitrogen and oxygen atoms in total. The van der Waals surface area contributed by atoms with E-state index in [1.54, 1.807) is 44.2 Å². The van der Waals surface area contributed by atoms with Crippen molar-refractivity contribution in [3.63, 3.8) is 0 Å². The first-order valence-electron chi connectivity index (χ1n) is 14.9. The first kappa shape index (κ1) is 32.6. The third kappa shape index (κ3) is 8.86. The summed E-state index contributed by atoms with van der Waals surface area (Å²) in [6.07, 6.45) is 0.175. The van der Waals surface area contributed by atoms with Crippen molar-refractivity contribution < 1.29 is 24.0 Å². The molecule has 232 valence electrons. The molecule has 0 fully saturated rings. The van der Waals surface area contributed by atoms with Crippen molar-refractivity contribution in [3.8, 4) is 0 Å². The van der Waals surface area contributed by atoms with Crippen LogP contribution >= 0.6 is 0 Å². The number of amides is 4. The molecule has 0 heterocycles. The molecule has 0 spiro atoms. The standard InChI is InChI=1S/C36H38N4O5/c1-23(2)31(32(41)36(45)37-22-25-13-6-4-7-14-25)40-33(42)24(3)38-35(44)30(39-34(43)27-16-8-5-9-17-27)21-28-19-12-18-26-15-10-11-20-29(26)28/h4-20,23-24,30-31H,21-22H2,1-3H3,(H,37,45)(H,38,44)(H,39,43)(H,40,42)/t24-,30+,31-/m0/s1. The summed E-state index contributed by atoms with van der Waals surface area (Å²) < 4.78 is 0. The van der Waals surface area contributed by atoms with Gasteiger partial charge in [0.2, 0.25) is 17.6 Å². The number of fused-ring (bicyclic) bond motifs is 1. The monoisotopic (exact) mass is 606 g/mol. The molecule has 4 aromatic carbocycles. The fourth-order valence-electron chi connectivity index (χ4n) is 4.93. The maximum Gasteiger partial charge on any atom is 0.289 e. The zero-order valence-electron chi connectivity index (χ0n) is 25.6. The normalized spacial score (nSPS) is 12.9. The molecule has 0 aromatic heterocycles. The number of benzene rings is 4. The number of carbonyl (C=O) groups is 5. The Morgan fingerprint density at radius 2 is 1.27 bits per heavy atom. The van der Waals surface area contributed by atoms with Crippen LogP contribution in [0.5, 0.6) is 0 Å². The van der Waals surface area contributed by atoms with Crippen LogP contribution in [0.1, 0.15) is 42.3 Å². The van der Waals surface area contributed by atoms with Crippen LogP contribution in [0, 0.1) is 5.92 Å². The minimum absolute atomic E-state index is 0.170. The van der Waals surface area contributed by atoms with Crippen LogP contribution in [-0.2, 0) is 32.1 Å². The first-order valence-corrected chi connectivity index (χ1v) is 14.9. The van der Waals surface area contributed by atoms with Gasteiger partial charge in [-0.2, -0.15) is 0 Å². The van der Waals surface area contributed by atoms with Gasteiger partial charge in [0.25, 0.3) is 11.8 Å². The lowest BCUT2D eigenvalue weighted by atomic mass is 9.97. The van der Waals surface area contributed by atoms with Gasteiger partial charge in [0, 0.05) is 18.5 Å². The van der Waals surface area contributed by atoms with Crippen molar-refractivity contribution in [1.29, 1.82) is 0 Å². The van der Waals surface area contributed by atoms with Crippen molar-refractivity contribution in [1.82, 2.24) is 21.3 Å². The summed E-state index contributed by atoms with van der Waals surface area (Å²) in [4.78, 5) is 65.5. The number of ketones is 1. The summed E-state index contributed by atoms with van der Waals surface area (Å²) >= 11 is 0. The van der Waals surface area contributed by atoms with Crippen molar-refractivity contribution in [2.24, 2.45) is 5.92 Å². The van der Waals surface area contributed by atoms with Gasteiger partial charge in [0.1, 0.15) is 12.1 Å². The Kier molecular flexibility index (Phi) is 11.2. The van der Waals surface area contributed by atoms with Gasteiger partial charge < -0.3 is 21.3 Å². The number of nitrogens with one attached hydrogen (secondary N) is 4. The molecule has 4 amide bonds. The van der Waals surface area contributed by atoms with Crippen LogP contribution in [0.4, 0.5) is 0 Å². The Morgan fingerprint density at radius 1 is 0.644 bits per heavy atom. The van der Waals surface area contributed by atoms with E-state index < -0.39 is 53.5 Å². The number of rotatable bonds is 13. The Hall–Kier alpha value is -5.31. The number of carbonyl (C=O) groups excluding carboxylic acids is 5. The van der Waals surface area contributed by atoms with Gasteiger partial charge >= 0.3 is 0 Å². The Morgan fingerprint density at radius 3 is 1.96 bits per heavy atom. The van der Waals surface area contributed by atoms with Gasteiger partial charge in [-0.05, 0) is 46.9 Å². The van der Waals surface area contributed by atoms with Crippen LogP contribution in [0.15, 0.2) is 103 Å². The molecule has 4 rings (SSSR count). The first-order chi connectivity index (χ1) is 21.6. The lowest BCUT2D eigenvalue weighted by molar-refractivity contribution is -0.141. The van der Waals surface area contributed by atoms with E-state index in [4.69, 9.17) is 0 Å². The SMILES string of the molecule is CC(C)[C@H](NC(=O)[C@H](C)NC(=O)[C@@H](Cc1cccc2ccccc12)NC(=O)c1ccccc1)C(=O)C(=O)NCc1ccccc1. The predicted molar refractivity (Wildman–Crippen MR) is 173 cm³/mol. The topological polar surface area (TPSA) is 133 Å². The van der Waals surface area contributed by atoms with Crippen LogP contribution < -0.4 is 21.3 Å². The van der Waals surface area contributed by atoms with Crippen molar-refractivity contribution in [3.05, 3.63) is 120 Å². The lowest BCUT2D eigenvalue weighted by Crippen LogP contribution is -2.57. The minimum Gasteiger partial charge on any atom is -0.345 e. The largest absolute Gasteiger partial charge is 0.345 e. The highest BCUT2D eigenvalue weighted by atomic mass is 16.2. The van der Waals surface area contributed by atoms with Gasteiger partial charge in [-0.25, -0.2) is 0 Å². The third-order valence-electron chi connectivity index (χ3n) is 7.48. The maximum absolute atomic E-state index is 13.6. The van der Waals surface area contributed by atoms with E-state index in [0.29, 0.717) is 5.56 Å². The predicted octanol–water partition coefficient (Wildman–Crippen LogP) is 3.71. The van der Waals surface area contributed by atoms with Gasteiger partial charge in [-0.15, -0.1) is 0 Å². The molecule has 0 saturated carbocycles. The zero-order valence-corrected chi connectivity index (χ0v) is 25.6. The van der Waals surface area contributed by atoms with E-state index in [2.05, 4.69) is 21.3 Å². The highest BCUT2D eigenvalue weighted by molar-refractivity contribution is 6.38. The van der Waals surface area contributed by atoms with E-state index in [9.17, 15) is 24.0 Å².